The summed E-state index contributed by atoms with van der Waals surface area (Å²) in [6.45, 7) is 1.31. The maximum Gasteiger partial charge on any atom is 0.435 e. The first-order valence-electron chi connectivity index (χ1n) is 8.65. The smallest absolute Gasteiger partial charge is 0.435 e. The number of nitrogens with one attached hydrogen (secondary N) is 1. The van der Waals surface area contributed by atoms with Crippen LogP contribution < -0.4 is 10.1 Å². The first-order valence-corrected chi connectivity index (χ1v) is 9.03. The molecule has 1 atom stereocenters. The molecule has 152 valence electrons. The van der Waals surface area contributed by atoms with Crippen molar-refractivity contribution < 1.29 is 22.7 Å². The number of rotatable bonds is 6. The summed E-state index contributed by atoms with van der Waals surface area (Å²) in [7, 11) is 0. The van der Waals surface area contributed by atoms with Gasteiger partial charge >= 0.3 is 6.18 Å². The lowest BCUT2D eigenvalue weighted by atomic mass is 10.1. The van der Waals surface area contributed by atoms with E-state index in [0.717, 1.165) is 16.3 Å². The van der Waals surface area contributed by atoms with E-state index in [-0.39, 0.29) is 22.6 Å². The van der Waals surface area contributed by atoms with Crippen molar-refractivity contribution in [1.29, 1.82) is 0 Å². The van der Waals surface area contributed by atoms with Crippen molar-refractivity contribution >= 4 is 17.5 Å². The molecular formula is C20H17ClF3N3O2. The Morgan fingerprint density at radius 1 is 1.17 bits per heavy atom. The quantitative estimate of drug-likeness (QED) is 0.619. The van der Waals surface area contributed by atoms with Crippen LogP contribution in [0.15, 0.2) is 60.7 Å². The highest BCUT2D eigenvalue weighted by Gasteiger charge is 2.36. The Labute approximate surface area is 170 Å². The molecule has 1 N–H and O–H groups in total. The van der Waals surface area contributed by atoms with E-state index in [4.69, 9.17) is 16.3 Å². The van der Waals surface area contributed by atoms with Gasteiger partial charge in [0.05, 0.1) is 16.8 Å². The number of hydrogen-bond donors (Lipinski definition) is 1. The van der Waals surface area contributed by atoms with Crippen LogP contribution in [0.5, 0.6) is 5.88 Å². The predicted molar refractivity (Wildman–Crippen MR) is 102 cm³/mol. The fourth-order valence-corrected chi connectivity index (χ4v) is 2.86. The second-order valence-electron chi connectivity index (χ2n) is 6.22. The molecular weight excluding hydrogens is 407 g/mol. The van der Waals surface area contributed by atoms with Crippen molar-refractivity contribution in [3.05, 3.63) is 76.9 Å². The molecule has 2 aromatic carbocycles. The van der Waals surface area contributed by atoms with Crippen molar-refractivity contribution in [3.8, 4) is 11.6 Å². The molecule has 1 amide bonds. The number of carbonyl (C=O) groups excluding carboxylic acids is 1. The van der Waals surface area contributed by atoms with Gasteiger partial charge in [-0.15, -0.1) is 0 Å². The molecule has 3 aromatic rings. The third kappa shape index (κ3) is 5.08. The molecule has 0 spiro atoms. The Bertz CT molecular complexity index is 990. The van der Waals surface area contributed by atoms with Crippen LogP contribution in [-0.4, -0.2) is 22.3 Å². The van der Waals surface area contributed by atoms with Gasteiger partial charge in [0.1, 0.15) is 0 Å². The molecule has 0 saturated heterocycles. The molecule has 3 rings (SSSR count). The van der Waals surface area contributed by atoms with Gasteiger partial charge in [0.15, 0.2) is 12.3 Å². The third-order valence-electron chi connectivity index (χ3n) is 4.08. The monoisotopic (exact) mass is 423 g/mol. The number of nitrogens with zero attached hydrogens (tertiary/aromatic N) is 2. The second-order valence-corrected chi connectivity index (χ2v) is 6.62. The van der Waals surface area contributed by atoms with Gasteiger partial charge < -0.3 is 10.1 Å². The number of amides is 1. The van der Waals surface area contributed by atoms with Crippen molar-refractivity contribution in [2.75, 3.05) is 6.61 Å². The maximum absolute atomic E-state index is 13.1. The van der Waals surface area contributed by atoms with Gasteiger partial charge in [0, 0.05) is 6.07 Å². The number of aromatic nitrogens is 2. The fraction of sp³-hybridized carbons (Fsp3) is 0.200. The summed E-state index contributed by atoms with van der Waals surface area (Å²) in [5.41, 5.74) is -0.0514. The third-order valence-corrected chi connectivity index (χ3v) is 4.40. The Hall–Kier alpha value is -3.00. The summed E-state index contributed by atoms with van der Waals surface area (Å²) >= 11 is 6.08. The molecule has 0 aliphatic heterocycles. The summed E-state index contributed by atoms with van der Waals surface area (Å²) < 4.78 is 45.6. The van der Waals surface area contributed by atoms with E-state index in [1.807, 2.05) is 30.3 Å². The molecule has 1 aromatic heterocycles. The Morgan fingerprint density at radius 2 is 1.83 bits per heavy atom. The minimum atomic E-state index is -4.67. The lowest BCUT2D eigenvalue weighted by Gasteiger charge is -2.15. The topological polar surface area (TPSA) is 56.1 Å². The number of halogens is 4. The molecule has 1 heterocycles. The van der Waals surface area contributed by atoms with Crippen molar-refractivity contribution in [1.82, 2.24) is 15.1 Å². The van der Waals surface area contributed by atoms with Crippen LogP contribution in [0.25, 0.3) is 5.69 Å². The van der Waals surface area contributed by atoms with Crippen molar-refractivity contribution in [3.63, 3.8) is 0 Å². The van der Waals surface area contributed by atoms with E-state index in [2.05, 4.69) is 10.4 Å². The molecule has 0 radical (unpaired) electrons. The van der Waals surface area contributed by atoms with Gasteiger partial charge in [0.2, 0.25) is 5.88 Å². The van der Waals surface area contributed by atoms with Gasteiger partial charge in [-0.25, -0.2) is 0 Å². The standard InChI is InChI=1S/C20H17ClF3N3O2/c1-13(14-7-3-2-4-8-14)25-18(28)12-29-19-11-17(20(22,23)24)26-27(19)16-10-6-5-9-15(16)21/h2-11,13H,12H2,1H3,(H,25,28)/t13-/m1/s1. The highest BCUT2D eigenvalue weighted by atomic mass is 35.5. The Kier molecular flexibility index (Phi) is 6.12. The van der Waals surface area contributed by atoms with Gasteiger partial charge in [-0.2, -0.15) is 23.0 Å². The molecule has 0 aliphatic carbocycles. The summed E-state index contributed by atoms with van der Waals surface area (Å²) in [4.78, 5) is 12.2. The molecule has 0 saturated carbocycles. The average molecular weight is 424 g/mol. The van der Waals surface area contributed by atoms with Gasteiger partial charge in [-0.05, 0) is 24.6 Å². The largest absolute Gasteiger partial charge is 0.467 e. The molecule has 0 fully saturated rings. The molecule has 0 unspecified atom stereocenters. The van der Waals surface area contributed by atoms with E-state index >= 15 is 0 Å². The fourth-order valence-electron chi connectivity index (χ4n) is 2.65. The van der Waals surface area contributed by atoms with Crippen LogP contribution in [0.3, 0.4) is 0 Å². The molecule has 9 heteroatoms. The molecule has 5 nitrogen and oxygen atoms in total. The normalized spacial score (nSPS) is 12.4. The average Bonchev–Trinajstić information content (AvgIpc) is 3.12. The second kappa shape index (κ2) is 8.57. The van der Waals surface area contributed by atoms with Gasteiger partial charge in [0.25, 0.3) is 5.91 Å². The van der Waals surface area contributed by atoms with Crippen molar-refractivity contribution in [2.45, 2.75) is 19.1 Å². The first kappa shape index (κ1) is 20.7. The number of ether oxygens (including phenoxy) is 1. The number of hydrogen-bond acceptors (Lipinski definition) is 3. The zero-order valence-corrected chi connectivity index (χ0v) is 16.0. The van der Waals surface area contributed by atoms with E-state index in [9.17, 15) is 18.0 Å². The van der Waals surface area contributed by atoms with Crippen LogP contribution in [0.2, 0.25) is 5.02 Å². The minimum Gasteiger partial charge on any atom is -0.467 e. The number of carbonyl (C=O) groups is 1. The molecule has 0 aliphatic rings. The maximum atomic E-state index is 13.1. The minimum absolute atomic E-state index is 0.191. The summed E-state index contributed by atoms with van der Waals surface area (Å²) in [5.74, 6) is -0.727. The van der Waals surface area contributed by atoms with E-state index in [1.54, 1.807) is 19.1 Å². The summed E-state index contributed by atoms with van der Waals surface area (Å²) in [5, 5.41) is 6.47. The first-order chi connectivity index (χ1) is 13.8. The lowest BCUT2D eigenvalue weighted by Crippen LogP contribution is -2.31. The van der Waals surface area contributed by atoms with E-state index in [1.165, 1.54) is 12.1 Å². The van der Waals surface area contributed by atoms with Gasteiger partial charge in [-0.1, -0.05) is 54.1 Å². The number of benzene rings is 2. The van der Waals surface area contributed by atoms with E-state index < -0.39 is 24.4 Å². The van der Waals surface area contributed by atoms with Crippen molar-refractivity contribution in [2.24, 2.45) is 0 Å². The SMILES string of the molecule is C[C@@H](NC(=O)COc1cc(C(F)(F)F)nn1-c1ccccc1Cl)c1ccccc1. The van der Waals surface area contributed by atoms with Crippen LogP contribution in [-0.2, 0) is 11.0 Å². The highest BCUT2D eigenvalue weighted by Crippen LogP contribution is 2.33. The summed E-state index contributed by atoms with van der Waals surface area (Å²) in [6, 6.07) is 16.0. The van der Waals surface area contributed by atoms with Crippen LogP contribution in [0, 0.1) is 0 Å². The number of para-hydroxylation sites is 1. The number of alkyl halides is 3. The lowest BCUT2D eigenvalue weighted by molar-refractivity contribution is -0.141. The molecule has 0 bridgehead atoms. The Balaban J connectivity index is 1.77. The van der Waals surface area contributed by atoms with Gasteiger partial charge in [-0.3, -0.25) is 4.79 Å². The zero-order chi connectivity index (χ0) is 21.0. The highest BCUT2D eigenvalue weighted by molar-refractivity contribution is 6.32. The van der Waals surface area contributed by atoms with E-state index in [0.29, 0.717) is 0 Å². The Morgan fingerprint density at radius 3 is 2.48 bits per heavy atom. The summed E-state index contributed by atoms with van der Waals surface area (Å²) in [6.07, 6.45) is -4.67. The predicted octanol–water partition coefficient (Wildman–Crippen LogP) is 4.80. The molecule has 29 heavy (non-hydrogen) atoms. The van der Waals surface area contributed by atoms with Crippen LogP contribution in [0.4, 0.5) is 13.2 Å². The van der Waals surface area contributed by atoms with Crippen LogP contribution >= 0.6 is 11.6 Å². The zero-order valence-electron chi connectivity index (χ0n) is 15.3. The van der Waals surface area contributed by atoms with Crippen LogP contribution in [0.1, 0.15) is 24.2 Å².